The van der Waals surface area contributed by atoms with E-state index in [0.717, 1.165) is 6.42 Å². The van der Waals surface area contributed by atoms with Gasteiger partial charge in [0.05, 0.1) is 17.1 Å². The summed E-state index contributed by atoms with van der Waals surface area (Å²) in [5, 5.41) is 6.05. The highest BCUT2D eigenvalue weighted by Gasteiger charge is 2.21. The molecule has 0 radical (unpaired) electrons. The molecule has 0 bridgehead atoms. The number of likely N-dealkylation sites (tertiary alicyclic amines) is 1. The minimum absolute atomic E-state index is 0.196. The lowest BCUT2D eigenvalue weighted by Crippen LogP contribution is -2.30. The fourth-order valence-corrected chi connectivity index (χ4v) is 3.89. The van der Waals surface area contributed by atoms with Gasteiger partial charge in [-0.05, 0) is 56.1 Å². The average molecular weight is 400 g/mol. The smallest absolute Gasteiger partial charge is 0.274 e. The predicted molar refractivity (Wildman–Crippen MR) is 115 cm³/mol. The van der Waals surface area contributed by atoms with Gasteiger partial charge in [0.25, 0.3) is 5.56 Å². The van der Waals surface area contributed by atoms with Gasteiger partial charge in [-0.3, -0.25) is 4.79 Å². The summed E-state index contributed by atoms with van der Waals surface area (Å²) >= 11 is 6.00. The Balaban J connectivity index is 1.82. The fourth-order valence-electron chi connectivity index (χ4n) is 3.76. The molecule has 1 atom stereocenters. The number of benzene rings is 2. The van der Waals surface area contributed by atoms with Crippen LogP contribution in [-0.4, -0.2) is 34.3 Å². The van der Waals surface area contributed by atoms with E-state index in [1.807, 2.05) is 0 Å². The number of hydrogen-bond acceptors (Lipinski definition) is 3. The van der Waals surface area contributed by atoms with E-state index in [0.29, 0.717) is 47.3 Å². The van der Waals surface area contributed by atoms with E-state index >= 15 is 0 Å². The van der Waals surface area contributed by atoms with Crippen molar-refractivity contribution in [2.45, 2.75) is 38.6 Å². The van der Waals surface area contributed by atoms with Crippen LogP contribution in [0.5, 0.6) is 0 Å². The molecule has 146 valence electrons. The summed E-state index contributed by atoms with van der Waals surface area (Å²) in [6.45, 7) is 1.25. The van der Waals surface area contributed by atoms with Gasteiger partial charge >= 0.3 is 0 Å². The molecule has 0 N–H and O–H groups in total. The number of halogens is 1. The van der Waals surface area contributed by atoms with Crippen LogP contribution >= 0.6 is 11.6 Å². The van der Waals surface area contributed by atoms with Crippen molar-refractivity contribution in [1.29, 1.82) is 0 Å². The molecule has 4 nitrogen and oxygen atoms in total. The molecule has 0 spiro atoms. The van der Waals surface area contributed by atoms with Gasteiger partial charge in [-0.15, -0.1) is 0 Å². The summed E-state index contributed by atoms with van der Waals surface area (Å²) in [4.78, 5) is 15.1. The van der Waals surface area contributed by atoms with Gasteiger partial charge in [-0.2, -0.15) is 5.10 Å². The number of aromatic nitrogens is 2. The molecule has 2 aromatic carbocycles. The second-order valence-electron chi connectivity index (χ2n) is 7.07. The maximum atomic E-state index is 13.4. The van der Waals surface area contributed by atoms with Crippen molar-refractivity contribution >= 4 is 22.4 Å². The van der Waals surface area contributed by atoms with Crippen molar-refractivity contribution in [2.75, 3.05) is 19.6 Å². The van der Waals surface area contributed by atoms with Crippen molar-refractivity contribution in [2.24, 2.45) is 0 Å². The summed E-state index contributed by atoms with van der Waals surface area (Å²) in [7, 11) is 0. The maximum Gasteiger partial charge on any atom is 0.274 e. The molecular weight excluding hydrogens is 370 g/mol. The first-order chi connectivity index (χ1) is 15.1. The van der Waals surface area contributed by atoms with Crippen LogP contribution in [0.15, 0.2) is 53.3 Å². The molecule has 1 fully saturated rings. The van der Waals surface area contributed by atoms with E-state index in [4.69, 9.17) is 17.1 Å². The second kappa shape index (κ2) is 8.46. The fraction of sp³-hybridized carbons (Fsp3) is 0.391. The number of hydrogen-bond donors (Lipinski definition) is 0. The van der Waals surface area contributed by atoms with E-state index < -0.39 is 12.9 Å². The predicted octanol–water partition coefficient (Wildman–Crippen LogP) is 4.69. The highest BCUT2D eigenvalue weighted by molar-refractivity contribution is 6.30. The Morgan fingerprint density at radius 1 is 1.11 bits per heavy atom. The maximum absolute atomic E-state index is 13.4. The summed E-state index contributed by atoms with van der Waals surface area (Å²) in [6.07, 6.45) is 0.0545. The Kier molecular flexibility index (Phi) is 4.46. The van der Waals surface area contributed by atoms with E-state index in [-0.39, 0.29) is 17.3 Å². The summed E-state index contributed by atoms with van der Waals surface area (Å²) in [5.74, 6) is 0. The van der Waals surface area contributed by atoms with Gasteiger partial charge < -0.3 is 4.90 Å². The number of fused-ring (bicyclic) bond motifs is 1. The topological polar surface area (TPSA) is 38.1 Å². The number of rotatable bonds is 4. The first kappa shape index (κ1) is 14.8. The monoisotopic (exact) mass is 399 g/mol. The Hall–Kier alpha value is -2.17. The van der Waals surface area contributed by atoms with Crippen molar-refractivity contribution in [3.8, 4) is 0 Å². The normalized spacial score (nSPS) is 21.4. The minimum atomic E-state index is -1.93. The van der Waals surface area contributed by atoms with Crippen LogP contribution in [-0.2, 0) is 6.37 Å². The highest BCUT2D eigenvalue weighted by Crippen LogP contribution is 2.24. The second-order valence-corrected chi connectivity index (χ2v) is 7.51. The largest absolute Gasteiger partial charge is 0.304 e. The highest BCUT2D eigenvalue weighted by atomic mass is 35.5. The molecule has 3 aromatic rings. The zero-order chi connectivity index (χ0) is 23.1. The third kappa shape index (κ3) is 3.98. The van der Waals surface area contributed by atoms with E-state index in [1.54, 1.807) is 60.4 Å². The average Bonchev–Trinajstić information content (AvgIpc) is 3.01. The van der Waals surface area contributed by atoms with Crippen LogP contribution in [0.25, 0.3) is 10.8 Å². The van der Waals surface area contributed by atoms with Crippen LogP contribution in [0.4, 0.5) is 0 Å². The van der Waals surface area contributed by atoms with Crippen LogP contribution < -0.4 is 5.56 Å². The SMILES string of the molecule is [2H]C([2H])(c1ccc(Cl)cc1)c1nn(C2CCCN(C([2H])([2H])C)CC2)c(=O)c2ccccc12. The van der Waals surface area contributed by atoms with Crippen molar-refractivity contribution in [3.05, 3.63) is 75.2 Å². The molecule has 5 heteroatoms. The molecule has 0 aliphatic carbocycles. The van der Waals surface area contributed by atoms with E-state index in [2.05, 4.69) is 5.10 Å². The van der Waals surface area contributed by atoms with Crippen LogP contribution in [0, 0.1) is 0 Å². The van der Waals surface area contributed by atoms with Gasteiger partial charge in [0.1, 0.15) is 0 Å². The zero-order valence-corrected chi connectivity index (χ0v) is 16.6. The van der Waals surface area contributed by atoms with Gasteiger partial charge in [-0.25, -0.2) is 4.68 Å². The standard InChI is InChI=1S/C23H26ClN3O/c1-2-26-14-5-6-19(13-15-26)27-23(28)21-8-4-3-7-20(21)22(25-27)16-17-9-11-18(24)12-10-17/h3-4,7-12,19H,2,5-6,13-16H2,1H3/i2D2,16D2. The molecule has 1 aliphatic rings. The lowest BCUT2D eigenvalue weighted by Gasteiger charge is -2.20. The van der Waals surface area contributed by atoms with Crippen molar-refractivity contribution in [1.82, 2.24) is 14.7 Å². The quantitative estimate of drug-likeness (QED) is 0.638. The minimum Gasteiger partial charge on any atom is -0.304 e. The molecule has 1 aliphatic heterocycles. The van der Waals surface area contributed by atoms with Gasteiger partial charge in [0.15, 0.2) is 0 Å². The summed E-state index contributed by atoms with van der Waals surface area (Å²) in [6, 6.07) is 13.3. The third-order valence-corrected chi connectivity index (χ3v) is 5.55. The number of nitrogens with zero attached hydrogens (tertiary/aromatic N) is 3. The van der Waals surface area contributed by atoms with E-state index in [1.165, 1.54) is 4.68 Å². The Morgan fingerprint density at radius 3 is 2.61 bits per heavy atom. The molecule has 28 heavy (non-hydrogen) atoms. The molecule has 1 aromatic heterocycles. The van der Waals surface area contributed by atoms with Crippen LogP contribution in [0.2, 0.25) is 5.02 Å². The summed E-state index contributed by atoms with van der Waals surface area (Å²) < 4.78 is 35.2. The molecular formula is C23H26ClN3O. The van der Waals surface area contributed by atoms with Gasteiger partial charge in [-0.1, -0.05) is 48.9 Å². The Bertz CT molecular complexity index is 1170. The van der Waals surface area contributed by atoms with Gasteiger partial charge in [0.2, 0.25) is 0 Å². The van der Waals surface area contributed by atoms with E-state index in [9.17, 15) is 4.79 Å². The molecule has 0 saturated carbocycles. The molecule has 1 saturated heterocycles. The van der Waals surface area contributed by atoms with Crippen molar-refractivity contribution < 1.29 is 5.48 Å². The molecule has 1 unspecified atom stereocenters. The molecule has 2 heterocycles. The lowest BCUT2D eigenvalue weighted by molar-refractivity contribution is 0.292. The lowest BCUT2D eigenvalue weighted by atomic mass is 10.0. The van der Waals surface area contributed by atoms with Crippen LogP contribution in [0.3, 0.4) is 0 Å². The Morgan fingerprint density at radius 2 is 1.86 bits per heavy atom. The van der Waals surface area contributed by atoms with Gasteiger partial charge in [0, 0.05) is 28.8 Å². The zero-order valence-electron chi connectivity index (χ0n) is 19.9. The molecule has 0 amide bonds. The molecule has 4 rings (SSSR count). The van der Waals surface area contributed by atoms with Crippen molar-refractivity contribution in [3.63, 3.8) is 0 Å². The first-order valence-corrected chi connectivity index (χ1v) is 10.00. The summed E-state index contributed by atoms with van der Waals surface area (Å²) in [5.41, 5.74) is 0.368. The third-order valence-electron chi connectivity index (χ3n) is 5.30. The van der Waals surface area contributed by atoms with Crippen LogP contribution in [0.1, 0.15) is 49.0 Å². The Labute approximate surface area is 176 Å². The first-order valence-electron chi connectivity index (χ1n) is 11.6.